The summed E-state index contributed by atoms with van der Waals surface area (Å²) in [5.41, 5.74) is 2.82. The molecule has 0 bridgehead atoms. The number of aliphatic hydroxyl groups excluding tert-OH is 1. The Bertz CT molecular complexity index is 517. The van der Waals surface area contributed by atoms with Crippen LogP contribution in [0.5, 0.6) is 5.75 Å². The van der Waals surface area contributed by atoms with Gasteiger partial charge < -0.3 is 14.4 Å². The molecule has 1 heterocycles. The first-order chi connectivity index (χ1) is 8.13. The standard InChI is InChI=1S/C14H17NO2/c1-10-9-11(17-3)6-7-12(10)14(16)13-5-4-8-15(13)2/h4-9,14,16H,1-3H3. The monoisotopic (exact) mass is 231 g/mol. The van der Waals surface area contributed by atoms with E-state index in [9.17, 15) is 5.11 Å². The molecule has 3 nitrogen and oxygen atoms in total. The molecule has 0 radical (unpaired) electrons. The average molecular weight is 231 g/mol. The summed E-state index contributed by atoms with van der Waals surface area (Å²) >= 11 is 0. The van der Waals surface area contributed by atoms with Gasteiger partial charge in [-0.1, -0.05) is 6.07 Å². The van der Waals surface area contributed by atoms with Crippen LogP contribution in [-0.4, -0.2) is 16.8 Å². The third-order valence-corrected chi connectivity index (χ3v) is 3.04. The molecule has 17 heavy (non-hydrogen) atoms. The van der Waals surface area contributed by atoms with Crippen molar-refractivity contribution in [2.75, 3.05) is 7.11 Å². The van der Waals surface area contributed by atoms with Crippen molar-refractivity contribution in [1.29, 1.82) is 0 Å². The topological polar surface area (TPSA) is 34.4 Å². The van der Waals surface area contributed by atoms with Gasteiger partial charge in [0.25, 0.3) is 0 Å². The highest BCUT2D eigenvalue weighted by atomic mass is 16.5. The first-order valence-electron chi connectivity index (χ1n) is 5.57. The number of methoxy groups -OCH3 is 1. The lowest BCUT2D eigenvalue weighted by atomic mass is 10.0. The van der Waals surface area contributed by atoms with E-state index in [1.807, 2.05) is 55.1 Å². The lowest BCUT2D eigenvalue weighted by Gasteiger charge is -2.15. The Labute approximate surface area is 101 Å². The van der Waals surface area contributed by atoms with E-state index >= 15 is 0 Å². The van der Waals surface area contributed by atoms with Gasteiger partial charge in [0.1, 0.15) is 11.9 Å². The minimum absolute atomic E-state index is 0.596. The van der Waals surface area contributed by atoms with Gasteiger partial charge in [-0.25, -0.2) is 0 Å². The molecule has 1 unspecified atom stereocenters. The minimum atomic E-state index is -0.596. The van der Waals surface area contributed by atoms with Crippen LogP contribution in [0, 0.1) is 6.92 Å². The third kappa shape index (κ3) is 2.19. The van der Waals surface area contributed by atoms with E-state index in [0.717, 1.165) is 22.6 Å². The van der Waals surface area contributed by atoms with E-state index in [2.05, 4.69) is 0 Å². The number of nitrogens with zero attached hydrogens (tertiary/aromatic N) is 1. The fourth-order valence-corrected chi connectivity index (χ4v) is 2.00. The summed E-state index contributed by atoms with van der Waals surface area (Å²) in [5.74, 6) is 0.810. The van der Waals surface area contributed by atoms with Crippen molar-refractivity contribution in [2.45, 2.75) is 13.0 Å². The lowest BCUT2D eigenvalue weighted by molar-refractivity contribution is 0.210. The molecule has 2 rings (SSSR count). The van der Waals surface area contributed by atoms with Gasteiger partial charge in [-0.3, -0.25) is 0 Å². The number of rotatable bonds is 3. The molecule has 1 aromatic carbocycles. The maximum absolute atomic E-state index is 10.3. The number of aryl methyl sites for hydroxylation is 2. The fraction of sp³-hybridized carbons (Fsp3) is 0.286. The molecule has 90 valence electrons. The van der Waals surface area contributed by atoms with E-state index < -0.39 is 6.10 Å². The predicted molar refractivity (Wildman–Crippen MR) is 67.2 cm³/mol. The molecule has 0 saturated carbocycles. The summed E-state index contributed by atoms with van der Waals surface area (Å²) in [6.07, 6.45) is 1.33. The first-order valence-corrected chi connectivity index (χ1v) is 5.57. The number of aliphatic hydroxyl groups is 1. The minimum Gasteiger partial charge on any atom is -0.497 e. The highest BCUT2D eigenvalue weighted by Crippen LogP contribution is 2.27. The number of ether oxygens (including phenoxy) is 1. The van der Waals surface area contributed by atoms with E-state index in [1.54, 1.807) is 7.11 Å². The highest BCUT2D eigenvalue weighted by Gasteiger charge is 2.15. The molecule has 0 aliphatic rings. The van der Waals surface area contributed by atoms with Gasteiger partial charge in [-0.2, -0.15) is 0 Å². The fourth-order valence-electron chi connectivity index (χ4n) is 2.00. The Morgan fingerprint density at radius 3 is 2.59 bits per heavy atom. The molecule has 1 N–H and O–H groups in total. The molecule has 0 aliphatic carbocycles. The summed E-state index contributed by atoms with van der Waals surface area (Å²) in [5, 5.41) is 10.3. The van der Waals surface area contributed by atoms with Gasteiger partial charge in [0, 0.05) is 13.2 Å². The van der Waals surface area contributed by atoms with Crippen molar-refractivity contribution in [3.63, 3.8) is 0 Å². The smallest absolute Gasteiger partial charge is 0.119 e. The van der Waals surface area contributed by atoms with Gasteiger partial charge in [0.05, 0.1) is 12.8 Å². The lowest BCUT2D eigenvalue weighted by Crippen LogP contribution is -2.06. The van der Waals surface area contributed by atoms with Gasteiger partial charge >= 0.3 is 0 Å². The van der Waals surface area contributed by atoms with Crippen LogP contribution in [0.2, 0.25) is 0 Å². The summed E-state index contributed by atoms with van der Waals surface area (Å²) in [4.78, 5) is 0. The van der Waals surface area contributed by atoms with Crippen LogP contribution < -0.4 is 4.74 Å². The average Bonchev–Trinajstić information content (AvgIpc) is 2.74. The SMILES string of the molecule is COc1ccc(C(O)c2cccn2C)c(C)c1. The molecule has 0 spiro atoms. The molecule has 0 saturated heterocycles. The zero-order chi connectivity index (χ0) is 12.4. The normalized spacial score (nSPS) is 12.5. The maximum Gasteiger partial charge on any atom is 0.119 e. The summed E-state index contributed by atoms with van der Waals surface area (Å²) in [6.45, 7) is 1.98. The van der Waals surface area contributed by atoms with Crippen LogP contribution in [0.3, 0.4) is 0 Å². The van der Waals surface area contributed by atoms with E-state index in [0.29, 0.717) is 0 Å². The van der Waals surface area contributed by atoms with Crippen molar-refractivity contribution < 1.29 is 9.84 Å². The second-order valence-electron chi connectivity index (χ2n) is 4.17. The molecule has 0 amide bonds. The Hall–Kier alpha value is -1.74. The second kappa shape index (κ2) is 4.63. The van der Waals surface area contributed by atoms with Crippen molar-refractivity contribution >= 4 is 0 Å². The highest BCUT2D eigenvalue weighted by molar-refractivity contribution is 5.39. The molecule has 3 heteroatoms. The Balaban J connectivity index is 2.38. The van der Waals surface area contributed by atoms with Gasteiger partial charge in [-0.05, 0) is 42.3 Å². The van der Waals surface area contributed by atoms with Crippen LogP contribution >= 0.6 is 0 Å². The van der Waals surface area contributed by atoms with Crippen LogP contribution in [0.1, 0.15) is 22.9 Å². The largest absolute Gasteiger partial charge is 0.497 e. The molecule has 2 aromatic rings. The Morgan fingerprint density at radius 1 is 1.29 bits per heavy atom. The summed E-state index contributed by atoms with van der Waals surface area (Å²) in [7, 11) is 3.57. The van der Waals surface area contributed by atoms with Crippen molar-refractivity contribution in [3.05, 3.63) is 53.3 Å². The Morgan fingerprint density at radius 2 is 2.06 bits per heavy atom. The van der Waals surface area contributed by atoms with Gasteiger partial charge in [0.2, 0.25) is 0 Å². The number of hydrogen-bond donors (Lipinski definition) is 1. The number of benzene rings is 1. The summed E-state index contributed by atoms with van der Waals surface area (Å²) < 4.78 is 7.08. The Kier molecular flexibility index (Phi) is 3.20. The summed E-state index contributed by atoms with van der Waals surface area (Å²) in [6, 6.07) is 9.56. The molecule has 1 aromatic heterocycles. The quantitative estimate of drug-likeness (QED) is 0.880. The molecule has 0 fully saturated rings. The van der Waals surface area contributed by atoms with Crippen LogP contribution in [0.4, 0.5) is 0 Å². The molecule has 1 atom stereocenters. The molecule has 0 aliphatic heterocycles. The van der Waals surface area contributed by atoms with E-state index in [1.165, 1.54) is 0 Å². The van der Waals surface area contributed by atoms with Gasteiger partial charge in [0.15, 0.2) is 0 Å². The van der Waals surface area contributed by atoms with Crippen molar-refractivity contribution in [1.82, 2.24) is 4.57 Å². The van der Waals surface area contributed by atoms with E-state index in [4.69, 9.17) is 4.74 Å². The van der Waals surface area contributed by atoms with Gasteiger partial charge in [-0.15, -0.1) is 0 Å². The van der Waals surface area contributed by atoms with Crippen LogP contribution in [0.15, 0.2) is 36.5 Å². The second-order valence-corrected chi connectivity index (χ2v) is 4.17. The first kappa shape index (κ1) is 11.7. The zero-order valence-corrected chi connectivity index (χ0v) is 10.3. The number of hydrogen-bond acceptors (Lipinski definition) is 2. The third-order valence-electron chi connectivity index (χ3n) is 3.04. The van der Waals surface area contributed by atoms with E-state index in [-0.39, 0.29) is 0 Å². The van der Waals surface area contributed by atoms with Crippen LogP contribution in [0.25, 0.3) is 0 Å². The zero-order valence-electron chi connectivity index (χ0n) is 10.3. The molecular weight excluding hydrogens is 214 g/mol. The van der Waals surface area contributed by atoms with Crippen LogP contribution in [-0.2, 0) is 7.05 Å². The predicted octanol–water partition coefficient (Wildman–Crippen LogP) is 2.42. The number of aromatic nitrogens is 1. The molecular formula is C14H17NO2. The van der Waals surface area contributed by atoms with Crippen molar-refractivity contribution in [2.24, 2.45) is 7.05 Å². The maximum atomic E-state index is 10.3. The van der Waals surface area contributed by atoms with Crippen molar-refractivity contribution in [3.8, 4) is 5.75 Å².